The van der Waals surface area contributed by atoms with Crippen LogP contribution in [-0.4, -0.2) is 58.6 Å². The van der Waals surface area contributed by atoms with Crippen LogP contribution in [-0.2, 0) is 4.79 Å². The van der Waals surface area contributed by atoms with E-state index in [1.54, 1.807) is 0 Å². The van der Waals surface area contributed by atoms with Gasteiger partial charge in [-0.05, 0) is 50.5 Å². The van der Waals surface area contributed by atoms with Crippen molar-refractivity contribution in [3.8, 4) is 0 Å². The lowest BCUT2D eigenvalue weighted by Gasteiger charge is -2.57. The van der Waals surface area contributed by atoms with Crippen LogP contribution in [0.4, 0.5) is 0 Å². The van der Waals surface area contributed by atoms with Crippen LogP contribution in [0.25, 0.3) is 0 Å². The Balaban J connectivity index is 1.59. The summed E-state index contributed by atoms with van der Waals surface area (Å²) in [7, 11) is 0. The summed E-state index contributed by atoms with van der Waals surface area (Å²) < 4.78 is 0. The third kappa shape index (κ3) is 1.83. The van der Waals surface area contributed by atoms with E-state index in [9.17, 15) is 9.90 Å². The first-order valence-corrected chi connectivity index (χ1v) is 7.96. The summed E-state index contributed by atoms with van der Waals surface area (Å²) in [6, 6.07) is 1.12. The number of rotatable bonds is 0. The Labute approximate surface area is 114 Å². The SMILES string of the molecule is O=C1[C@H](O)CC[C@@H]2[C@@H]3C[C@H](CN12)[C@@H]1CCCCN1C3. The van der Waals surface area contributed by atoms with Gasteiger partial charge in [0.2, 0.25) is 0 Å². The molecule has 1 N–H and O–H groups in total. The Morgan fingerprint density at radius 3 is 2.74 bits per heavy atom. The summed E-state index contributed by atoms with van der Waals surface area (Å²) in [6.07, 6.45) is 6.27. The zero-order chi connectivity index (χ0) is 13.0. The average molecular weight is 264 g/mol. The molecule has 0 aromatic heterocycles. The normalized spacial score (nSPS) is 46.7. The maximum absolute atomic E-state index is 12.2. The van der Waals surface area contributed by atoms with Crippen molar-refractivity contribution in [3.63, 3.8) is 0 Å². The summed E-state index contributed by atoms with van der Waals surface area (Å²) in [6.45, 7) is 3.35. The summed E-state index contributed by atoms with van der Waals surface area (Å²) in [5.41, 5.74) is 0. The molecule has 4 heteroatoms. The Morgan fingerprint density at radius 2 is 1.84 bits per heavy atom. The van der Waals surface area contributed by atoms with E-state index in [2.05, 4.69) is 4.90 Å². The van der Waals surface area contributed by atoms with Gasteiger partial charge in [-0.2, -0.15) is 0 Å². The molecule has 0 saturated carbocycles. The summed E-state index contributed by atoms with van der Waals surface area (Å²) in [5.74, 6) is 1.32. The second-order valence-electron chi connectivity index (χ2n) is 6.97. The van der Waals surface area contributed by atoms with Gasteiger partial charge in [0.15, 0.2) is 0 Å². The number of carbonyl (C=O) groups is 1. The van der Waals surface area contributed by atoms with E-state index in [0.29, 0.717) is 30.3 Å². The van der Waals surface area contributed by atoms with E-state index < -0.39 is 6.10 Å². The quantitative estimate of drug-likeness (QED) is 0.705. The Bertz CT molecular complexity index is 386. The predicted molar refractivity (Wildman–Crippen MR) is 71.6 cm³/mol. The smallest absolute Gasteiger partial charge is 0.251 e. The van der Waals surface area contributed by atoms with Gasteiger partial charge >= 0.3 is 0 Å². The van der Waals surface area contributed by atoms with Gasteiger partial charge in [0.05, 0.1) is 0 Å². The van der Waals surface area contributed by atoms with Gasteiger partial charge in [0.25, 0.3) is 5.91 Å². The molecule has 4 saturated heterocycles. The summed E-state index contributed by atoms with van der Waals surface area (Å²) in [5, 5.41) is 9.81. The number of hydrogen-bond acceptors (Lipinski definition) is 3. The van der Waals surface area contributed by atoms with Crippen molar-refractivity contribution in [1.29, 1.82) is 0 Å². The van der Waals surface area contributed by atoms with Crippen LogP contribution in [0.5, 0.6) is 0 Å². The molecule has 19 heavy (non-hydrogen) atoms. The molecule has 0 radical (unpaired) electrons. The lowest BCUT2D eigenvalue weighted by molar-refractivity contribution is -0.160. The maximum atomic E-state index is 12.2. The fourth-order valence-corrected chi connectivity index (χ4v) is 5.10. The lowest BCUT2D eigenvalue weighted by atomic mass is 9.70. The fourth-order valence-electron chi connectivity index (χ4n) is 5.10. The van der Waals surface area contributed by atoms with E-state index in [1.807, 2.05) is 4.90 Å². The van der Waals surface area contributed by atoms with E-state index >= 15 is 0 Å². The molecule has 4 fully saturated rings. The van der Waals surface area contributed by atoms with Crippen molar-refractivity contribution >= 4 is 5.91 Å². The largest absolute Gasteiger partial charge is 0.383 e. The zero-order valence-electron chi connectivity index (χ0n) is 11.5. The first-order valence-electron chi connectivity index (χ1n) is 7.96. The Hall–Kier alpha value is -0.610. The molecule has 0 aliphatic carbocycles. The molecule has 4 aliphatic heterocycles. The van der Waals surface area contributed by atoms with Gasteiger partial charge < -0.3 is 10.0 Å². The molecule has 4 aliphatic rings. The number of piperidine rings is 4. The predicted octanol–water partition coefficient (Wildman–Crippen LogP) is 0.843. The lowest BCUT2D eigenvalue weighted by Crippen LogP contribution is -2.66. The van der Waals surface area contributed by atoms with Crippen molar-refractivity contribution in [2.45, 2.75) is 56.7 Å². The minimum Gasteiger partial charge on any atom is -0.383 e. The monoisotopic (exact) mass is 264 g/mol. The standard InChI is InChI=1S/C15H24N2O2/c18-14-5-4-13-10-7-11(9-17(13)15(14)19)12-3-1-2-6-16(12)8-10/h10-14,18H,1-9H2/t10-,11-,12+,13-,14-/m1/s1. The molecule has 1 amide bonds. The van der Waals surface area contributed by atoms with Gasteiger partial charge in [0.1, 0.15) is 6.10 Å². The second kappa shape index (κ2) is 4.45. The molecule has 0 aromatic carbocycles. The molecular weight excluding hydrogens is 240 g/mol. The summed E-state index contributed by atoms with van der Waals surface area (Å²) in [4.78, 5) is 17.0. The minimum absolute atomic E-state index is 0.00945. The summed E-state index contributed by atoms with van der Waals surface area (Å²) >= 11 is 0. The Kier molecular flexibility index (Phi) is 2.85. The highest BCUT2D eigenvalue weighted by Gasteiger charge is 2.49. The van der Waals surface area contributed by atoms with Crippen LogP contribution in [0.2, 0.25) is 0 Å². The first kappa shape index (κ1) is 12.2. The third-order valence-electron chi connectivity index (χ3n) is 5.96. The highest BCUT2D eigenvalue weighted by atomic mass is 16.3. The highest BCUT2D eigenvalue weighted by molar-refractivity contribution is 5.82. The molecule has 4 heterocycles. The van der Waals surface area contributed by atoms with Crippen molar-refractivity contribution in [1.82, 2.24) is 9.80 Å². The molecule has 4 rings (SSSR count). The number of fused-ring (bicyclic) bond motifs is 6. The number of amides is 1. The second-order valence-corrected chi connectivity index (χ2v) is 6.97. The fraction of sp³-hybridized carbons (Fsp3) is 0.933. The van der Waals surface area contributed by atoms with E-state index in [-0.39, 0.29) is 5.91 Å². The number of carbonyl (C=O) groups excluding carboxylic acids is 1. The minimum atomic E-state index is -0.725. The first-order chi connectivity index (χ1) is 9.24. The number of aliphatic hydroxyl groups excluding tert-OH is 1. The maximum Gasteiger partial charge on any atom is 0.251 e. The average Bonchev–Trinajstić information content (AvgIpc) is 2.44. The molecule has 4 nitrogen and oxygen atoms in total. The van der Waals surface area contributed by atoms with Crippen LogP contribution in [0.3, 0.4) is 0 Å². The van der Waals surface area contributed by atoms with E-state index in [1.165, 1.54) is 38.8 Å². The molecule has 0 unspecified atom stereocenters. The molecule has 2 bridgehead atoms. The van der Waals surface area contributed by atoms with Crippen LogP contribution in [0, 0.1) is 11.8 Å². The van der Waals surface area contributed by atoms with Crippen LogP contribution >= 0.6 is 0 Å². The van der Waals surface area contributed by atoms with E-state index in [0.717, 1.165) is 13.0 Å². The molecule has 0 spiro atoms. The van der Waals surface area contributed by atoms with Crippen molar-refractivity contribution in [2.75, 3.05) is 19.6 Å². The Morgan fingerprint density at radius 1 is 1.00 bits per heavy atom. The van der Waals surface area contributed by atoms with Crippen LogP contribution in [0.15, 0.2) is 0 Å². The van der Waals surface area contributed by atoms with Gasteiger partial charge in [-0.15, -0.1) is 0 Å². The highest BCUT2D eigenvalue weighted by Crippen LogP contribution is 2.42. The van der Waals surface area contributed by atoms with Gasteiger partial charge in [-0.25, -0.2) is 0 Å². The number of hydrogen-bond donors (Lipinski definition) is 1. The number of nitrogens with zero attached hydrogens (tertiary/aromatic N) is 2. The van der Waals surface area contributed by atoms with E-state index in [4.69, 9.17) is 0 Å². The molecular formula is C15H24N2O2. The van der Waals surface area contributed by atoms with Gasteiger partial charge in [-0.1, -0.05) is 6.42 Å². The molecule has 0 aromatic rings. The topological polar surface area (TPSA) is 43.8 Å². The number of aliphatic hydroxyl groups is 1. The molecule has 5 atom stereocenters. The third-order valence-corrected chi connectivity index (χ3v) is 5.96. The van der Waals surface area contributed by atoms with Crippen LogP contribution < -0.4 is 0 Å². The molecule has 106 valence electrons. The van der Waals surface area contributed by atoms with Crippen LogP contribution in [0.1, 0.15) is 38.5 Å². The van der Waals surface area contributed by atoms with Gasteiger partial charge in [0, 0.05) is 25.2 Å². The van der Waals surface area contributed by atoms with Crippen molar-refractivity contribution in [3.05, 3.63) is 0 Å². The van der Waals surface area contributed by atoms with Crippen molar-refractivity contribution in [2.24, 2.45) is 11.8 Å². The van der Waals surface area contributed by atoms with Gasteiger partial charge in [-0.3, -0.25) is 9.69 Å². The zero-order valence-corrected chi connectivity index (χ0v) is 11.5. The van der Waals surface area contributed by atoms with Crippen molar-refractivity contribution < 1.29 is 9.90 Å².